The van der Waals surface area contributed by atoms with Crippen LogP contribution in [0.2, 0.25) is 0 Å². The van der Waals surface area contributed by atoms with Crippen LogP contribution in [-0.2, 0) is 26.4 Å². The van der Waals surface area contributed by atoms with Gasteiger partial charge in [0.15, 0.2) is 0 Å². The number of allylic oxidation sites excluding steroid dienone is 2. The molecule has 2 aromatic rings. The van der Waals surface area contributed by atoms with Gasteiger partial charge in [-0.1, -0.05) is 22.2 Å². The van der Waals surface area contributed by atoms with E-state index < -0.39 is 23.9 Å². The van der Waals surface area contributed by atoms with Crippen LogP contribution in [0.3, 0.4) is 0 Å². The zero-order valence-electron chi connectivity index (χ0n) is 18.6. The minimum atomic E-state index is -4.87. The molecule has 0 fully saturated rings. The number of ether oxygens (including phenoxy) is 2. The smallest absolute Gasteiger partial charge is 0.651 e. The number of hydrogen-bond donors (Lipinski definition) is 0. The van der Waals surface area contributed by atoms with Crippen molar-refractivity contribution in [3.05, 3.63) is 69.2 Å². The minimum absolute atomic E-state index is 0. The molecular formula is C22H14CoF6N2O4S2. The first-order chi connectivity index (χ1) is 16.8. The molecule has 0 saturated heterocycles. The monoisotopic (exact) mass is 607 g/mol. The average molecular weight is 607 g/mol. The predicted octanol–water partition coefficient (Wildman–Crippen LogP) is 7.56. The van der Waals surface area contributed by atoms with E-state index in [4.69, 9.17) is 9.47 Å². The van der Waals surface area contributed by atoms with E-state index in [1.807, 2.05) is 0 Å². The van der Waals surface area contributed by atoms with Crippen molar-refractivity contribution < 1.29 is 62.2 Å². The van der Waals surface area contributed by atoms with Crippen molar-refractivity contribution in [3.8, 4) is 11.5 Å². The van der Waals surface area contributed by atoms with Gasteiger partial charge in [-0.3, -0.25) is 9.59 Å². The maximum atomic E-state index is 12.1. The molecule has 0 aromatic heterocycles. The van der Waals surface area contributed by atoms with E-state index in [1.165, 1.54) is 14.2 Å². The summed E-state index contributed by atoms with van der Waals surface area (Å²) in [7, 11) is 2.98. The Morgan fingerprint density at radius 3 is 1.38 bits per heavy atom. The Kier molecular flexibility index (Phi) is 10.0. The summed E-state index contributed by atoms with van der Waals surface area (Å²) >= 11 is 2.01. The summed E-state index contributed by atoms with van der Waals surface area (Å²) in [5.41, 5.74) is 1.06. The Balaban J connectivity index is 0.000000253. The van der Waals surface area contributed by atoms with E-state index in [0.717, 1.165) is 23.5 Å². The van der Waals surface area contributed by atoms with Crippen LogP contribution < -0.4 is 9.47 Å². The van der Waals surface area contributed by atoms with Crippen LogP contribution in [0.1, 0.15) is 0 Å². The number of benzene rings is 2. The number of hydrogen-bond acceptors (Lipinski definition) is 6. The van der Waals surface area contributed by atoms with Gasteiger partial charge in [-0.05, 0) is 46.2 Å². The van der Waals surface area contributed by atoms with Crippen LogP contribution >= 0.6 is 23.5 Å². The number of rotatable bonds is 4. The van der Waals surface area contributed by atoms with Gasteiger partial charge >= 0.3 is 29.1 Å². The first-order valence-corrected chi connectivity index (χ1v) is 11.2. The van der Waals surface area contributed by atoms with Gasteiger partial charge < -0.3 is 20.1 Å². The number of fused-ring (bicyclic) bond motifs is 2. The molecule has 2 aliphatic rings. The Hall–Kier alpha value is -2.75. The van der Waals surface area contributed by atoms with Crippen molar-refractivity contribution in [2.75, 3.05) is 14.2 Å². The van der Waals surface area contributed by atoms with Crippen LogP contribution in [0.5, 0.6) is 11.5 Å². The molecule has 0 amide bonds. The fraction of sp³-hybridized carbons (Fsp3) is 0.182. The van der Waals surface area contributed by atoms with Crippen LogP contribution in [0.15, 0.2) is 68.4 Å². The van der Waals surface area contributed by atoms with Crippen molar-refractivity contribution in [2.24, 2.45) is 0 Å². The largest absolute Gasteiger partial charge is 2.00 e. The maximum absolute atomic E-state index is 12.1. The fourth-order valence-electron chi connectivity index (χ4n) is 2.61. The van der Waals surface area contributed by atoms with Gasteiger partial charge in [0.1, 0.15) is 11.5 Å². The third-order valence-electron chi connectivity index (χ3n) is 4.29. The molecule has 0 unspecified atom stereocenters. The molecular weight excluding hydrogens is 593 g/mol. The van der Waals surface area contributed by atoms with Gasteiger partial charge in [0.2, 0.25) is 0 Å². The standard InChI is InChI=1S/2C11H8F3NO2S.Co/c2*1-17-6-2-3-7-8(4-6)18-10(15-7)5-9(16)11(12,13)14;/h2*2-5H,1H3,(H,15,16);/q;;+2/p-2. The normalized spacial score (nSPS) is 15.9. The summed E-state index contributed by atoms with van der Waals surface area (Å²) in [6.07, 6.45) is -8.74. The minimum Gasteiger partial charge on any atom is -0.651 e. The van der Waals surface area contributed by atoms with Crippen molar-refractivity contribution in [1.82, 2.24) is 0 Å². The van der Waals surface area contributed by atoms with Gasteiger partial charge in [-0.15, -0.1) is 34.9 Å². The third kappa shape index (κ3) is 8.11. The fourth-order valence-corrected chi connectivity index (χ4v) is 4.47. The number of methoxy groups -OCH3 is 2. The Labute approximate surface area is 225 Å². The quantitative estimate of drug-likeness (QED) is 0.264. The van der Waals surface area contributed by atoms with E-state index in [0.29, 0.717) is 44.8 Å². The molecule has 15 heteroatoms. The Morgan fingerprint density at radius 1 is 0.730 bits per heavy atom. The second kappa shape index (κ2) is 12.2. The van der Waals surface area contributed by atoms with Gasteiger partial charge in [-0.2, -0.15) is 26.3 Å². The number of ketones is 2. The number of thioether (sulfide) groups is 2. The van der Waals surface area contributed by atoms with Crippen LogP contribution in [0.25, 0.3) is 10.6 Å². The molecule has 0 spiro atoms. The van der Waals surface area contributed by atoms with Gasteiger partial charge in [0.25, 0.3) is 11.6 Å². The second-order valence-electron chi connectivity index (χ2n) is 6.78. The molecule has 199 valence electrons. The van der Waals surface area contributed by atoms with Crippen molar-refractivity contribution in [3.63, 3.8) is 0 Å². The summed E-state index contributed by atoms with van der Waals surface area (Å²) in [6.45, 7) is 0. The van der Waals surface area contributed by atoms with E-state index >= 15 is 0 Å². The molecule has 6 nitrogen and oxygen atoms in total. The number of nitrogens with zero attached hydrogens (tertiary/aromatic N) is 2. The number of carbonyl (C=O) groups is 2. The molecule has 4 rings (SSSR count). The van der Waals surface area contributed by atoms with Crippen molar-refractivity contribution >= 4 is 46.5 Å². The molecule has 1 radical (unpaired) electrons. The summed E-state index contributed by atoms with van der Waals surface area (Å²) in [5.74, 6) is -2.65. The molecule has 0 N–H and O–H groups in total. The number of carbonyl (C=O) groups excluding carboxylic acids is 2. The Bertz CT molecular complexity index is 1150. The average Bonchev–Trinajstić information content (AvgIpc) is 3.39. The van der Waals surface area contributed by atoms with Crippen molar-refractivity contribution in [1.29, 1.82) is 0 Å². The molecule has 0 saturated carbocycles. The molecule has 2 aromatic carbocycles. The van der Waals surface area contributed by atoms with E-state index in [1.54, 1.807) is 36.4 Å². The van der Waals surface area contributed by atoms with Gasteiger partial charge in [0, 0.05) is 0 Å². The molecule has 0 bridgehead atoms. The van der Waals surface area contributed by atoms with Gasteiger partial charge in [-0.25, -0.2) is 0 Å². The molecule has 37 heavy (non-hydrogen) atoms. The van der Waals surface area contributed by atoms with Crippen LogP contribution in [0.4, 0.5) is 37.7 Å². The first kappa shape index (κ1) is 30.5. The maximum Gasteiger partial charge on any atom is 2.00 e. The molecule has 2 aliphatic heterocycles. The third-order valence-corrected chi connectivity index (χ3v) is 6.22. The van der Waals surface area contributed by atoms with Gasteiger partial charge in [0.05, 0.1) is 14.2 Å². The molecule has 0 atom stereocenters. The first-order valence-electron chi connectivity index (χ1n) is 9.61. The van der Waals surface area contributed by atoms with E-state index in [2.05, 4.69) is 10.6 Å². The second-order valence-corrected chi connectivity index (χ2v) is 8.91. The topological polar surface area (TPSA) is 80.8 Å². The SMILES string of the molecule is COc1ccc2c(c1)S/C(=C/C(=O)C(F)(F)F)[N-]2.COc1ccc2c(c1)S/C(=C/C(=O)C(F)(F)F)[N-]2.[Co+2]. The molecule has 0 aliphatic carbocycles. The summed E-state index contributed by atoms with van der Waals surface area (Å²) in [4.78, 5) is 22.9. The summed E-state index contributed by atoms with van der Waals surface area (Å²) in [6, 6.07) is 9.86. The summed E-state index contributed by atoms with van der Waals surface area (Å²) < 4.78 is 82.5. The van der Waals surface area contributed by atoms with Crippen LogP contribution in [0, 0.1) is 0 Å². The predicted molar refractivity (Wildman–Crippen MR) is 122 cm³/mol. The van der Waals surface area contributed by atoms with Crippen molar-refractivity contribution in [2.45, 2.75) is 22.1 Å². The number of alkyl halides is 6. The Morgan fingerprint density at radius 2 is 1.08 bits per heavy atom. The zero-order valence-corrected chi connectivity index (χ0v) is 21.2. The van der Waals surface area contributed by atoms with E-state index in [-0.39, 0.29) is 26.8 Å². The zero-order chi connectivity index (χ0) is 26.7. The molecule has 2 heterocycles. The van der Waals surface area contributed by atoms with E-state index in [9.17, 15) is 35.9 Å². The number of halogens is 6. The van der Waals surface area contributed by atoms with Crippen LogP contribution in [-0.4, -0.2) is 38.1 Å². The summed E-state index contributed by atoms with van der Waals surface area (Å²) in [5, 5.41) is 7.91.